The zero-order valence-corrected chi connectivity index (χ0v) is 53.9. The molecule has 72 heavy (non-hydrogen) atoms. The standard InChI is InChI=1S/C21H15NOP.C20H16NP.C3H3O3.C2HO3.4C2H5.CHO2.4W/c1-22-21(17-23)24(18-11-5-2-6-12-18,19-13-7-3-8-14-19)20-15-9-4-10-16-20;21-16-17-22(18-10-4-1-5-11-18,19-12-6-2-7-13-19)20-14-8-3-9-15-20;1-6-3(5)2-4;3-1-2(4)5;4*1-2;2-1-3;;;;/h2-16H;1-15,17H;1H3;(H,4,5);4*1H2,2H3;(H,2,3);;;;/q-1;;7*-1;4*+2. The number of carboxylic acids is 1. The van der Waals surface area contributed by atoms with Gasteiger partial charge in [0.25, 0.3) is 0 Å². The summed E-state index contributed by atoms with van der Waals surface area (Å²) in [5, 5.41) is 30.1. The Morgan fingerprint density at radius 3 is 0.889 bits per heavy atom. The van der Waals surface area contributed by atoms with Crippen molar-refractivity contribution in [2.75, 3.05) is 7.11 Å². The third-order valence-corrected chi connectivity index (χ3v) is 15.9. The van der Waals surface area contributed by atoms with E-state index in [1.165, 1.54) is 15.9 Å². The summed E-state index contributed by atoms with van der Waals surface area (Å²) < 4.78 is 3.84. The molecule has 0 aliphatic heterocycles. The second-order valence-electron chi connectivity index (χ2n) is 11.3. The minimum atomic E-state index is -2.52. The van der Waals surface area contributed by atoms with Crippen LogP contribution in [-0.4, -0.2) is 65.8 Å². The quantitative estimate of drug-likeness (QED) is 0.0627. The van der Waals surface area contributed by atoms with Crippen LogP contribution in [-0.2, 0) is 118 Å². The van der Waals surface area contributed by atoms with Crippen LogP contribution in [0.1, 0.15) is 27.7 Å². The summed E-state index contributed by atoms with van der Waals surface area (Å²) in [6.07, 6.45) is 3.65. The molecule has 11 nitrogen and oxygen atoms in total. The van der Waals surface area contributed by atoms with E-state index in [0.29, 0.717) is 12.8 Å². The maximum absolute atomic E-state index is 11.8. The van der Waals surface area contributed by atoms with E-state index >= 15 is 0 Å². The van der Waals surface area contributed by atoms with Crippen LogP contribution in [0.3, 0.4) is 0 Å². The monoisotopic (exact) mass is 1690 g/mol. The number of rotatable bonds is 9. The van der Waals surface area contributed by atoms with E-state index < -0.39 is 25.7 Å². The Hall–Kier alpha value is -4.93. The average molecular weight is 1690 g/mol. The molecular weight excluding hydrogens is 1630 g/mol. The van der Waals surface area contributed by atoms with Gasteiger partial charge in [0.1, 0.15) is 0 Å². The van der Waals surface area contributed by atoms with Crippen molar-refractivity contribution >= 4 is 94.1 Å². The number of aliphatic carboxylic acids is 1. The van der Waals surface area contributed by atoms with E-state index in [1.54, 1.807) is 27.7 Å². The fourth-order valence-corrected chi connectivity index (χ4v) is 12.9. The predicted octanol–water partition coefficient (Wildman–Crippen LogP) is 7.86. The second-order valence-corrected chi connectivity index (χ2v) is 17.9. The number of hydrogen-bond acceptors (Lipinski definition) is 8. The molecule has 0 bridgehead atoms. The van der Waals surface area contributed by atoms with Gasteiger partial charge >= 0.3 is 84.3 Å². The third kappa shape index (κ3) is 27.2. The first-order valence-electron chi connectivity index (χ1n) is 20.1. The first kappa shape index (κ1) is 81.1. The molecule has 0 aliphatic rings. The Labute approximate surface area is 485 Å². The zero-order chi connectivity index (χ0) is 52.1. The minimum absolute atomic E-state index is 0. The molecule has 6 aromatic rings. The first-order valence-corrected chi connectivity index (χ1v) is 23.8. The molecule has 17 heteroatoms. The molecule has 0 atom stereocenters. The van der Waals surface area contributed by atoms with Gasteiger partial charge in [0.2, 0.25) is 0 Å². The number of methoxy groups -OCH3 is 1. The van der Waals surface area contributed by atoms with E-state index in [-0.39, 0.29) is 89.7 Å². The zero-order valence-electron chi connectivity index (χ0n) is 40.4. The number of nitrogens with zero attached hydrogens (tertiary/aromatic N) is 2. The summed E-state index contributed by atoms with van der Waals surface area (Å²) in [4.78, 5) is 60.0. The molecule has 0 aromatic heterocycles. The van der Waals surface area contributed by atoms with Crippen molar-refractivity contribution in [2.45, 2.75) is 27.7 Å². The summed E-state index contributed by atoms with van der Waals surface area (Å²) in [7, 11) is 1.12. The number of esters is 1. The van der Waals surface area contributed by atoms with Crippen molar-refractivity contribution in [3.05, 3.63) is 221 Å². The molecule has 2 N–H and O–H groups in total. The van der Waals surface area contributed by atoms with Crippen molar-refractivity contribution in [1.29, 1.82) is 5.26 Å². The van der Waals surface area contributed by atoms with Crippen molar-refractivity contribution in [3.8, 4) is 6.07 Å². The molecule has 0 fully saturated rings. The van der Waals surface area contributed by atoms with Gasteiger partial charge in [-0.15, -0.1) is 0 Å². The fourth-order valence-electron chi connectivity index (χ4n) is 5.72. The second kappa shape index (κ2) is 53.9. The Morgan fingerprint density at radius 2 is 0.750 bits per heavy atom. The van der Waals surface area contributed by atoms with Crippen LogP contribution in [0.4, 0.5) is 0 Å². The maximum Gasteiger partial charge on any atom is 2.00 e. The Balaban J connectivity index is -0.000000162. The van der Waals surface area contributed by atoms with E-state index in [2.05, 4.69) is 79.7 Å². The van der Waals surface area contributed by atoms with Crippen molar-refractivity contribution in [1.82, 2.24) is 0 Å². The number of nitriles is 1. The first-order chi connectivity index (χ1) is 33.2. The molecule has 0 unspecified atom stereocenters. The summed E-state index contributed by atoms with van der Waals surface area (Å²) in [6, 6.07) is 62.9. The van der Waals surface area contributed by atoms with E-state index in [9.17, 15) is 14.9 Å². The van der Waals surface area contributed by atoms with Crippen LogP contribution >= 0.6 is 13.8 Å². The van der Waals surface area contributed by atoms with Gasteiger partial charge in [-0.25, -0.2) is 0 Å². The van der Waals surface area contributed by atoms with Gasteiger partial charge in [-0.2, -0.15) is 45.5 Å². The summed E-state index contributed by atoms with van der Waals surface area (Å²) >= 11 is 0. The van der Waals surface area contributed by atoms with Crippen LogP contribution in [0.2, 0.25) is 0 Å². The topological polar surface area (TPSA) is 180 Å². The van der Waals surface area contributed by atoms with Crippen molar-refractivity contribution in [2.24, 2.45) is 0 Å². The van der Waals surface area contributed by atoms with Gasteiger partial charge in [0, 0.05) is 5.80 Å². The van der Waals surface area contributed by atoms with Gasteiger partial charge in [0.05, 0.1) is 25.2 Å². The van der Waals surface area contributed by atoms with Crippen LogP contribution < -0.4 is 31.8 Å². The number of hydrogen-bond donors (Lipinski definition) is 2. The van der Waals surface area contributed by atoms with Crippen molar-refractivity contribution < 1.29 is 128 Å². The summed E-state index contributed by atoms with van der Waals surface area (Å²) in [5.41, 5.74) is 0.145. The number of carboxylic acid groups (broad SMARTS) is 1. The van der Waals surface area contributed by atoms with Gasteiger partial charge in [0.15, 0.2) is 11.9 Å². The molecule has 0 aliphatic carbocycles. The molecule has 6 aromatic carbocycles. The SMILES string of the molecule is COC(=O)[C-]=O.N#CC=P(c1ccccc1)(c1ccccc1)c1ccccc1.O=[C-]C(=O)O.O=[C-]O.[C-]#[N+]C([C-]=O)=P(c1ccccc1)(c1ccccc1)c1ccccc1.[CH2-]C.[CH2-]C.[CH2-]C.[CH2-]C.[W+2].[W+2].[W+2].[W+2]. The van der Waals surface area contributed by atoms with Gasteiger partial charge in [-0.05, 0) is 45.6 Å². The maximum atomic E-state index is 11.8. The number of carbonyl (C=O) groups excluding carboxylic acids is 4. The Bertz CT molecular complexity index is 2290. The van der Waals surface area contributed by atoms with E-state index in [4.69, 9.17) is 36.0 Å². The van der Waals surface area contributed by atoms with Gasteiger partial charge < -0.3 is 61.8 Å². The number of ether oxygens (including phenoxy) is 1. The minimum Gasteiger partial charge on any atom is -0.665 e. The fraction of sp³-hybridized carbons (Fsp3) is 0.0909. The molecule has 374 valence electrons. The predicted molar refractivity (Wildman–Crippen MR) is 283 cm³/mol. The summed E-state index contributed by atoms with van der Waals surface area (Å²) in [6.45, 7) is 23.6. The smallest absolute Gasteiger partial charge is 0.665 e. The van der Waals surface area contributed by atoms with Crippen LogP contribution in [0.25, 0.3) is 4.85 Å². The molecule has 0 saturated carbocycles. The van der Waals surface area contributed by atoms with Crippen LogP contribution in [0, 0.1) is 45.6 Å². The molecule has 6 rings (SSSR count). The largest absolute Gasteiger partial charge is 2.00 e. The van der Waals surface area contributed by atoms with Crippen LogP contribution in [0.15, 0.2) is 182 Å². The molecule has 0 saturated heterocycles. The normalized spacial score (nSPS) is 8.32. The average Bonchev–Trinajstić information content (AvgIpc) is 3.43. The van der Waals surface area contributed by atoms with E-state index in [0.717, 1.165) is 29.3 Å². The van der Waals surface area contributed by atoms with Gasteiger partial charge in [-0.3, -0.25) is 20.7 Å². The van der Waals surface area contributed by atoms with E-state index in [1.807, 2.05) is 158 Å². The molecule has 0 radical (unpaired) electrons. The van der Waals surface area contributed by atoms with Crippen LogP contribution in [0.5, 0.6) is 0 Å². The third-order valence-electron chi connectivity index (χ3n) is 8.04. The Morgan fingerprint density at radius 1 is 0.528 bits per heavy atom. The number of carbonyl (C=O) groups is 2. The summed E-state index contributed by atoms with van der Waals surface area (Å²) in [5.74, 6) is -0.674. The van der Waals surface area contributed by atoms with Crippen molar-refractivity contribution in [3.63, 3.8) is 0 Å². The Kier molecular flexibility index (Phi) is 60.7. The number of benzene rings is 6. The molecule has 0 spiro atoms. The number of aliphatic hydroxyl groups excluding tert-OH is 1. The molecular formula is C55H56N2O9P2W4. The molecule has 0 heterocycles. The molecule has 0 amide bonds. The van der Waals surface area contributed by atoms with Gasteiger partial charge in [-0.1, -0.05) is 188 Å².